The predicted molar refractivity (Wildman–Crippen MR) is 90.1 cm³/mol. The highest BCUT2D eigenvalue weighted by molar-refractivity contribution is 7.89. The van der Waals surface area contributed by atoms with Crippen LogP contribution >= 0.6 is 0 Å². The minimum atomic E-state index is -3.76. The van der Waals surface area contributed by atoms with Crippen LogP contribution in [0.2, 0.25) is 0 Å². The summed E-state index contributed by atoms with van der Waals surface area (Å²) in [5.41, 5.74) is 2.29. The molecule has 7 nitrogen and oxygen atoms in total. The number of hydrogen-bond acceptors (Lipinski definition) is 4. The number of amides is 1. The van der Waals surface area contributed by atoms with Crippen LogP contribution in [0.4, 0.5) is 5.82 Å². The summed E-state index contributed by atoms with van der Waals surface area (Å²) in [5.74, 6) is 0.388. The van der Waals surface area contributed by atoms with E-state index in [1.807, 2.05) is 30.3 Å². The highest BCUT2D eigenvalue weighted by Gasteiger charge is 2.13. The summed E-state index contributed by atoms with van der Waals surface area (Å²) >= 11 is 0. The van der Waals surface area contributed by atoms with E-state index >= 15 is 0 Å². The summed E-state index contributed by atoms with van der Waals surface area (Å²) in [6.07, 6.45) is 0.547. The Hall–Kier alpha value is -2.97. The molecule has 2 aromatic carbocycles. The van der Waals surface area contributed by atoms with Crippen molar-refractivity contribution in [3.8, 4) is 16.9 Å². The summed E-state index contributed by atoms with van der Waals surface area (Å²) < 4.78 is 24.3. The Kier molecular flexibility index (Phi) is 4.15. The number of anilines is 1. The van der Waals surface area contributed by atoms with Gasteiger partial charge in [0, 0.05) is 11.6 Å². The normalized spacial score (nSPS) is 11.2. The number of rotatable bonds is 5. The average molecular weight is 342 g/mol. The van der Waals surface area contributed by atoms with Crippen LogP contribution in [-0.2, 0) is 14.8 Å². The van der Waals surface area contributed by atoms with Crippen LogP contribution in [0.25, 0.3) is 16.9 Å². The molecule has 0 saturated heterocycles. The lowest BCUT2D eigenvalue weighted by atomic mass is 10.1. The van der Waals surface area contributed by atoms with Gasteiger partial charge < -0.3 is 5.32 Å². The second kappa shape index (κ2) is 6.26. The van der Waals surface area contributed by atoms with Crippen molar-refractivity contribution in [3.05, 3.63) is 60.7 Å². The molecular weight excluding hydrogens is 328 g/mol. The van der Waals surface area contributed by atoms with Gasteiger partial charge in [0.15, 0.2) is 5.82 Å². The second-order valence-electron chi connectivity index (χ2n) is 4.99. The Labute approximate surface area is 138 Å². The lowest BCUT2D eigenvalue weighted by molar-refractivity contribution is -0.105. The van der Waals surface area contributed by atoms with Crippen LogP contribution in [0.3, 0.4) is 0 Å². The molecule has 24 heavy (non-hydrogen) atoms. The number of aromatic nitrogens is 2. The van der Waals surface area contributed by atoms with Gasteiger partial charge in [0.2, 0.25) is 16.4 Å². The number of nitrogens with two attached hydrogens (primary N) is 1. The van der Waals surface area contributed by atoms with Gasteiger partial charge in [-0.2, -0.15) is 0 Å². The summed E-state index contributed by atoms with van der Waals surface area (Å²) in [6, 6.07) is 17.3. The van der Waals surface area contributed by atoms with Gasteiger partial charge in [0.05, 0.1) is 16.3 Å². The molecular formula is C16H14N4O3S. The third-order valence-corrected chi connectivity index (χ3v) is 4.32. The van der Waals surface area contributed by atoms with Gasteiger partial charge in [0.1, 0.15) is 0 Å². The van der Waals surface area contributed by atoms with E-state index in [1.165, 1.54) is 12.1 Å². The first-order valence-electron chi connectivity index (χ1n) is 6.98. The number of nitrogens with one attached hydrogen (secondary N) is 1. The fourth-order valence-electron chi connectivity index (χ4n) is 2.30. The quantitative estimate of drug-likeness (QED) is 0.689. The Morgan fingerprint density at radius 2 is 1.71 bits per heavy atom. The van der Waals surface area contributed by atoms with Crippen molar-refractivity contribution in [2.75, 3.05) is 5.32 Å². The van der Waals surface area contributed by atoms with E-state index in [0.29, 0.717) is 17.9 Å². The first kappa shape index (κ1) is 15.9. The van der Waals surface area contributed by atoms with Crippen molar-refractivity contribution in [3.63, 3.8) is 0 Å². The molecule has 8 heteroatoms. The lowest BCUT2D eigenvalue weighted by Crippen LogP contribution is -2.12. The molecule has 1 amide bonds. The van der Waals surface area contributed by atoms with Crippen molar-refractivity contribution < 1.29 is 13.2 Å². The molecule has 0 bridgehead atoms. The highest BCUT2D eigenvalue weighted by Crippen LogP contribution is 2.26. The molecule has 0 unspecified atom stereocenters. The SMILES string of the molecule is NS(=O)(=O)c1ccc(-n2nc(NC=O)cc2-c2ccccc2)cc1. The molecule has 0 aliphatic carbocycles. The van der Waals surface area contributed by atoms with Crippen LogP contribution in [0.5, 0.6) is 0 Å². The maximum Gasteiger partial charge on any atom is 0.238 e. The smallest absolute Gasteiger partial charge is 0.238 e. The van der Waals surface area contributed by atoms with Crippen molar-refractivity contribution >= 4 is 22.3 Å². The molecule has 0 saturated carbocycles. The maximum atomic E-state index is 11.4. The molecule has 3 aromatic rings. The van der Waals surface area contributed by atoms with E-state index in [0.717, 1.165) is 11.3 Å². The molecule has 3 rings (SSSR count). The molecule has 0 radical (unpaired) electrons. The molecule has 0 aliphatic heterocycles. The molecule has 0 spiro atoms. The average Bonchev–Trinajstić information content (AvgIpc) is 2.99. The molecule has 1 heterocycles. The van der Waals surface area contributed by atoms with Crippen LogP contribution in [0.1, 0.15) is 0 Å². The molecule has 122 valence electrons. The summed E-state index contributed by atoms with van der Waals surface area (Å²) in [7, 11) is -3.76. The van der Waals surface area contributed by atoms with Gasteiger partial charge in [-0.25, -0.2) is 18.2 Å². The van der Waals surface area contributed by atoms with Gasteiger partial charge in [0.25, 0.3) is 0 Å². The Bertz CT molecular complexity index is 964. The van der Waals surface area contributed by atoms with E-state index in [9.17, 15) is 13.2 Å². The first-order chi connectivity index (χ1) is 11.5. The van der Waals surface area contributed by atoms with Crippen LogP contribution < -0.4 is 10.5 Å². The zero-order valence-electron chi connectivity index (χ0n) is 12.5. The van der Waals surface area contributed by atoms with E-state index < -0.39 is 10.0 Å². The molecule has 0 aliphatic rings. The van der Waals surface area contributed by atoms with Crippen LogP contribution in [0, 0.1) is 0 Å². The van der Waals surface area contributed by atoms with Gasteiger partial charge >= 0.3 is 0 Å². The third-order valence-electron chi connectivity index (χ3n) is 3.40. The van der Waals surface area contributed by atoms with Crippen molar-refractivity contribution in [2.45, 2.75) is 4.90 Å². The lowest BCUT2D eigenvalue weighted by Gasteiger charge is -2.08. The minimum Gasteiger partial charge on any atom is -0.312 e. The molecule has 3 N–H and O–H groups in total. The van der Waals surface area contributed by atoms with E-state index in [1.54, 1.807) is 22.9 Å². The number of nitrogens with zero attached hydrogens (tertiary/aromatic N) is 2. The summed E-state index contributed by atoms with van der Waals surface area (Å²) in [5, 5.41) is 12.0. The monoisotopic (exact) mass is 342 g/mol. The van der Waals surface area contributed by atoms with Crippen LogP contribution in [0.15, 0.2) is 65.6 Å². The fourth-order valence-corrected chi connectivity index (χ4v) is 2.82. The number of carbonyl (C=O) groups is 1. The topological polar surface area (TPSA) is 107 Å². The first-order valence-corrected chi connectivity index (χ1v) is 8.52. The second-order valence-corrected chi connectivity index (χ2v) is 6.56. The number of benzene rings is 2. The number of sulfonamides is 1. The zero-order valence-corrected chi connectivity index (χ0v) is 13.3. The Morgan fingerprint density at radius 3 is 2.29 bits per heavy atom. The van der Waals surface area contributed by atoms with E-state index in [2.05, 4.69) is 10.4 Å². The van der Waals surface area contributed by atoms with Gasteiger partial charge in [-0.15, -0.1) is 5.10 Å². The predicted octanol–water partition coefficient (Wildman–Crippen LogP) is 1.76. The van der Waals surface area contributed by atoms with Crippen molar-refractivity contribution in [2.24, 2.45) is 5.14 Å². The van der Waals surface area contributed by atoms with Crippen molar-refractivity contribution in [1.29, 1.82) is 0 Å². The summed E-state index contributed by atoms with van der Waals surface area (Å²) in [6.45, 7) is 0. The van der Waals surface area contributed by atoms with E-state index in [4.69, 9.17) is 5.14 Å². The van der Waals surface area contributed by atoms with Gasteiger partial charge in [-0.1, -0.05) is 30.3 Å². The number of carbonyl (C=O) groups excluding carboxylic acids is 1. The zero-order chi connectivity index (χ0) is 17.2. The van der Waals surface area contributed by atoms with Gasteiger partial charge in [-0.3, -0.25) is 4.79 Å². The Morgan fingerprint density at radius 1 is 1.04 bits per heavy atom. The highest BCUT2D eigenvalue weighted by atomic mass is 32.2. The minimum absolute atomic E-state index is 0.0194. The largest absolute Gasteiger partial charge is 0.312 e. The van der Waals surface area contributed by atoms with Crippen LogP contribution in [-0.4, -0.2) is 24.6 Å². The third kappa shape index (κ3) is 3.19. The Balaban J connectivity index is 2.11. The molecule has 0 fully saturated rings. The van der Waals surface area contributed by atoms with Gasteiger partial charge in [-0.05, 0) is 24.3 Å². The van der Waals surface area contributed by atoms with E-state index in [-0.39, 0.29) is 4.90 Å². The number of primary sulfonamides is 1. The number of hydrogen-bond donors (Lipinski definition) is 2. The molecule has 0 atom stereocenters. The summed E-state index contributed by atoms with van der Waals surface area (Å²) in [4.78, 5) is 10.7. The standard InChI is InChI=1S/C16H14N4O3S/c17-24(22,23)14-8-6-13(7-9-14)20-15(10-16(19-20)18-11-21)12-4-2-1-3-5-12/h1-11H,(H2,17,22,23)(H,18,19,21). The maximum absolute atomic E-state index is 11.4. The fraction of sp³-hybridized carbons (Fsp3) is 0. The molecule has 1 aromatic heterocycles. The van der Waals surface area contributed by atoms with Crippen molar-refractivity contribution in [1.82, 2.24) is 9.78 Å².